The molecule has 1 atom stereocenters. The second kappa shape index (κ2) is 6.83. The highest BCUT2D eigenvalue weighted by molar-refractivity contribution is 8.00. The molecule has 0 radical (unpaired) electrons. The molecule has 0 aliphatic heterocycles. The lowest BCUT2D eigenvalue weighted by molar-refractivity contribution is 0.531. The van der Waals surface area contributed by atoms with Crippen LogP contribution in [0.3, 0.4) is 0 Å². The quantitative estimate of drug-likeness (QED) is 0.571. The second-order valence-corrected chi connectivity index (χ2v) is 8.48. The first-order valence-corrected chi connectivity index (χ1v) is 9.57. The topological polar surface area (TPSA) is 72.2 Å². The highest BCUT2D eigenvalue weighted by Gasteiger charge is 2.25. The van der Waals surface area contributed by atoms with Crippen LogP contribution in [0.5, 0.6) is 0 Å². The summed E-state index contributed by atoms with van der Waals surface area (Å²) >= 11 is 1.53. The minimum absolute atomic E-state index is 0.0500. The van der Waals surface area contributed by atoms with Crippen LogP contribution in [0, 0.1) is 5.92 Å². The number of nitrogen functional groups attached to an aromatic ring is 1. The molecule has 1 saturated carbocycles. The van der Waals surface area contributed by atoms with Crippen LogP contribution in [0.4, 0.5) is 5.69 Å². The zero-order valence-electron chi connectivity index (χ0n) is 11.7. The number of nitrogens with one attached hydrogen (secondary N) is 1. The number of benzene rings is 1. The predicted octanol–water partition coefficient (Wildman–Crippen LogP) is 2.47. The predicted molar refractivity (Wildman–Crippen MR) is 85.3 cm³/mol. The van der Waals surface area contributed by atoms with E-state index >= 15 is 0 Å². The number of rotatable bonds is 8. The Balaban J connectivity index is 1.72. The van der Waals surface area contributed by atoms with Crippen LogP contribution in [0.15, 0.2) is 29.2 Å². The Bertz CT molecular complexity index is 525. The van der Waals surface area contributed by atoms with Gasteiger partial charge in [0.1, 0.15) is 0 Å². The number of hydrogen-bond donors (Lipinski definition) is 2. The van der Waals surface area contributed by atoms with Gasteiger partial charge in [0.15, 0.2) is 0 Å². The van der Waals surface area contributed by atoms with Crippen LogP contribution in [0.25, 0.3) is 0 Å². The van der Waals surface area contributed by atoms with E-state index in [2.05, 4.69) is 4.72 Å². The first-order valence-electron chi connectivity index (χ1n) is 6.93. The summed E-state index contributed by atoms with van der Waals surface area (Å²) in [6, 6.07) is 7.53. The third-order valence-corrected chi connectivity index (χ3v) is 6.04. The molecule has 4 nitrogen and oxygen atoms in total. The molecule has 0 aromatic heterocycles. The average molecular weight is 314 g/mol. The Morgan fingerprint density at radius 2 is 2.00 bits per heavy atom. The monoisotopic (exact) mass is 314 g/mol. The molecule has 0 bridgehead atoms. The van der Waals surface area contributed by atoms with Crippen molar-refractivity contribution >= 4 is 27.5 Å². The molecule has 2 rings (SSSR count). The van der Waals surface area contributed by atoms with Crippen LogP contribution in [-0.4, -0.2) is 26.0 Å². The zero-order chi connectivity index (χ0) is 14.6. The van der Waals surface area contributed by atoms with Gasteiger partial charge in [-0.05, 0) is 43.5 Å². The Morgan fingerprint density at radius 1 is 1.35 bits per heavy atom. The van der Waals surface area contributed by atoms with Gasteiger partial charge in [0.2, 0.25) is 10.0 Å². The highest BCUT2D eigenvalue weighted by Crippen LogP contribution is 2.33. The molecule has 1 aromatic carbocycles. The smallest absolute Gasteiger partial charge is 0.212 e. The molecular formula is C14H22N2O2S2. The van der Waals surface area contributed by atoms with Crippen LogP contribution in [0.2, 0.25) is 0 Å². The van der Waals surface area contributed by atoms with Gasteiger partial charge in [-0.3, -0.25) is 0 Å². The Hall–Kier alpha value is -0.720. The van der Waals surface area contributed by atoms with Gasteiger partial charge < -0.3 is 5.73 Å². The van der Waals surface area contributed by atoms with Gasteiger partial charge in [-0.1, -0.05) is 12.8 Å². The number of sulfonamides is 1. The lowest BCUT2D eigenvalue weighted by Crippen LogP contribution is -2.35. The van der Waals surface area contributed by atoms with Crippen LogP contribution < -0.4 is 10.5 Å². The number of anilines is 1. The van der Waals surface area contributed by atoms with E-state index in [9.17, 15) is 8.42 Å². The summed E-state index contributed by atoms with van der Waals surface area (Å²) in [7, 11) is -3.17. The van der Waals surface area contributed by atoms with Gasteiger partial charge >= 0.3 is 0 Å². The first kappa shape index (κ1) is 15.7. The van der Waals surface area contributed by atoms with E-state index in [4.69, 9.17) is 5.73 Å². The van der Waals surface area contributed by atoms with Crippen molar-refractivity contribution in [1.82, 2.24) is 4.72 Å². The normalized spacial score (nSPS) is 17.1. The summed E-state index contributed by atoms with van der Waals surface area (Å²) in [5.41, 5.74) is 6.33. The third kappa shape index (κ3) is 5.73. The molecule has 112 valence electrons. The van der Waals surface area contributed by atoms with E-state index < -0.39 is 10.0 Å². The van der Waals surface area contributed by atoms with Crippen molar-refractivity contribution in [3.05, 3.63) is 24.3 Å². The fourth-order valence-corrected chi connectivity index (χ4v) is 4.70. The summed E-state index contributed by atoms with van der Waals surface area (Å²) in [5, 5.41) is 0. The second-order valence-electron chi connectivity index (χ2n) is 5.43. The molecule has 1 aliphatic rings. The van der Waals surface area contributed by atoms with E-state index in [1.165, 1.54) is 24.6 Å². The van der Waals surface area contributed by atoms with Gasteiger partial charge in [-0.15, -0.1) is 11.8 Å². The summed E-state index contributed by atoms with van der Waals surface area (Å²) in [6.45, 7) is 1.95. The van der Waals surface area contributed by atoms with E-state index in [1.807, 2.05) is 31.2 Å². The summed E-state index contributed by atoms with van der Waals surface area (Å²) in [4.78, 5) is 1.04. The summed E-state index contributed by atoms with van der Waals surface area (Å²) in [6.07, 6.45) is 3.46. The number of nitrogens with two attached hydrogens (primary N) is 1. The minimum atomic E-state index is -3.17. The van der Waals surface area contributed by atoms with Gasteiger partial charge in [-0.25, -0.2) is 13.1 Å². The summed E-state index contributed by atoms with van der Waals surface area (Å²) < 4.78 is 26.6. The molecule has 3 N–H and O–H groups in total. The zero-order valence-corrected chi connectivity index (χ0v) is 13.3. The van der Waals surface area contributed by atoms with E-state index in [-0.39, 0.29) is 11.8 Å². The van der Waals surface area contributed by atoms with Crippen molar-refractivity contribution in [3.63, 3.8) is 0 Å². The minimum Gasteiger partial charge on any atom is -0.399 e. The Kier molecular flexibility index (Phi) is 5.35. The van der Waals surface area contributed by atoms with E-state index in [0.717, 1.165) is 22.9 Å². The third-order valence-electron chi connectivity index (χ3n) is 3.27. The molecule has 6 heteroatoms. The van der Waals surface area contributed by atoms with Gasteiger partial charge in [0.25, 0.3) is 0 Å². The SMILES string of the molecule is CC(CC1CC1)NS(=O)(=O)CCSc1ccc(N)cc1. The van der Waals surface area contributed by atoms with E-state index in [0.29, 0.717) is 5.75 Å². The Morgan fingerprint density at radius 3 is 2.60 bits per heavy atom. The molecule has 1 aliphatic carbocycles. The maximum absolute atomic E-state index is 11.9. The van der Waals surface area contributed by atoms with Crippen LogP contribution in [-0.2, 0) is 10.0 Å². The van der Waals surface area contributed by atoms with Gasteiger partial charge in [0, 0.05) is 22.4 Å². The molecule has 1 fully saturated rings. The maximum Gasteiger partial charge on any atom is 0.212 e. The lowest BCUT2D eigenvalue weighted by atomic mass is 10.2. The maximum atomic E-state index is 11.9. The molecule has 0 heterocycles. The molecule has 20 heavy (non-hydrogen) atoms. The van der Waals surface area contributed by atoms with Crippen LogP contribution in [0.1, 0.15) is 26.2 Å². The average Bonchev–Trinajstić information content (AvgIpc) is 3.14. The fraction of sp³-hybridized carbons (Fsp3) is 0.571. The number of hydrogen-bond acceptors (Lipinski definition) is 4. The van der Waals surface area contributed by atoms with Crippen LogP contribution >= 0.6 is 11.8 Å². The van der Waals surface area contributed by atoms with E-state index in [1.54, 1.807) is 0 Å². The van der Waals surface area contributed by atoms with Crippen molar-refractivity contribution < 1.29 is 8.42 Å². The first-order chi connectivity index (χ1) is 9.44. The lowest BCUT2D eigenvalue weighted by Gasteiger charge is -2.13. The number of thioether (sulfide) groups is 1. The van der Waals surface area contributed by atoms with Crippen molar-refractivity contribution in [2.45, 2.75) is 37.1 Å². The standard InChI is InChI=1S/C14H22N2O2S2/c1-11(10-12-2-3-12)16-20(17,18)9-8-19-14-6-4-13(15)5-7-14/h4-7,11-12,16H,2-3,8-10,15H2,1H3. The summed E-state index contributed by atoms with van der Waals surface area (Å²) in [5.74, 6) is 1.43. The Labute approximate surface area is 125 Å². The molecule has 1 unspecified atom stereocenters. The molecular weight excluding hydrogens is 292 g/mol. The molecule has 0 amide bonds. The largest absolute Gasteiger partial charge is 0.399 e. The van der Waals surface area contributed by atoms with Crippen molar-refractivity contribution in [3.8, 4) is 0 Å². The van der Waals surface area contributed by atoms with Gasteiger partial charge in [0.05, 0.1) is 5.75 Å². The fourth-order valence-electron chi connectivity index (χ4n) is 2.10. The van der Waals surface area contributed by atoms with Crippen molar-refractivity contribution in [2.75, 3.05) is 17.2 Å². The molecule has 0 saturated heterocycles. The van der Waals surface area contributed by atoms with Crippen molar-refractivity contribution in [2.24, 2.45) is 5.92 Å². The van der Waals surface area contributed by atoms with Crippen molar-refractivity contribution in [1.29, 1.82) is 0 Å². The van der Waals surface area contributed by atoms with Gasteiger partial charge in [-0.2, -0.15) is 0 Å². The highest BCUT2D eigenvalue weighted by atomic mass is 32.2. The molecule has 1 aromatic rings. The molecule has 0 spiro atoms.